The van der Waals surface area contributed by atoms with E-state index >= 15 is 4.39 Å². The van der Waals surface area contributed by atoms with E-state index in [1.807, 2.05) is 12.1 Å². The van der Waals surface area contributed by atoms with E-state index in [0.717, 1.165) is 52.7 Å². The number of fused-ring (bicyclic) bond motifs is 1. The topological polar surface area (TPSA) is 108 Å². The summed E-state index contributed by atoms with van der Waals surface area (Å²) in [6.45, 7) is 0. The lowest BCUT2D eigenvalue weighted by atomic mass is 9.90. The van der Waals surface area contributed by atoms with E-state index in [1.54, 1.807) is 18.5 Å². The normalized spacial score (nSPS) is 12.0. The van der Waals surface area contributed by atoms with Gasteiger partial charge in [0.15, 0.2) is 17.9 Å². The number of carboxylic acids is 1. The number of hydrogen-bond donors (Lipinski definition) is 3. The summed E-state index contributed by atoms with van der Waals surface area (Å²) in [4.78, 5) is 33.2. The van der Waals surface area contributed by atoms with Crippen molar-refractivity contribution in [2.75, 3.05) is 11.5 Å². The number of aromatic amines is 2. The Morgan fingerprint density at radius 2 is 1.91 bits per heavy atom. The number of aliphatic carboxylic acids is 1. The molecule has 5 aromatic rings. The minimum absolute atomic E-state index is 0.00664. The molecule has 2 heterocycles. The molecule has 0 saturated heterocycles. The lowest BCUT2D eigenvalue weighted by molar-refractivity contribution is -0.133. The van der Waals surface area contributed by atoms with Crippen LogP contribution in [0, 0.1) is 15.2 Å². The van der Waals surface area contributed by atoms with Crippen LogP contribution in [0.2, 0.25) is 0 Å². The number of benzene rings is 3. The molecule has 3 N–H and O–H groups in total. The molecule has 5 rings (SSSR count). The van der Waals surface area contributed by atoms with Crippen LogP contribution in [0.25, 0.3) is 22.3 Å². The Morgan fingerprint density at radius 3 is 2.70 bits per heavy atom. The summed E-state index contributed by atoms with van der Waals surface area (Å²) < 4.78 is 37.0. The number of thioether (sulfide) groups is 1. The predicted molar refractivity (Wildman–Crippen MR) is 177 cm³/mol. The third-order valence-corrected chi connectivity index (χ3v) is 9.01. The Hall–Kier alpha value is -3.71. The highest BCUT2D eigenvalue weighted by Crippen LogP contribution is 2.36. The monoisotopic (exact) mass is 729 g/mol. The van der Waals surface area contributed by atoms with Crippen LogP contribution in [0.4, 0.5) is 8.78 Å². The lowest BCUT2D eigenvalue weighted by Crippen LogP contribution is -2.03. The highest BCUT2D eigenvalue weighted by molar-refractivity contribution is 14.1. The molecule has 0 radical (unpaired) electrons. The van der Waals surface area contributed by atoms with Crippen LogP contribution in [0.15, 0.2) is 67.0 Å². The second-order valence-electron chi connectivity index (χ2n) is 10.3. The smallest absolute Gasteiger partial charge is 0.313 e. The number of unbranched alkanes of at least 4 members (excludes halogenated alkanes) is 3. The van der Waals surface area contributed by atoms with Crippen molar-refractivity contribution >= 4 is 57.5 Å². The fourth-order valence-electron chi connectivity index (χ4n) is 5.21. The largest absolute Gasteiger partial charge is 0.481 e. The number of aldehydes is 1. The predicted octanol–water partition coefficient (Wildman–Crippen LogP) is 8.95. The van der Waals surface area contributed by atoms with Gasteiger partial charge >= 0.3 is 5.97 Å². The maximum atomic E-state index is 15.1. The second-order valence-corrected chi connectivity index (χ2v) is 12.7. The third kappa shape index (κ3) is 7.68. The minimum atomic E-state index is -0.788. The Morgan fingerprint density at radius 1 is 1.07 bits per heavy atom. The van der Waals surface area contributed by atoms with Crippen LogP contribution in [0.3, 0.4) is 0 Å². The zero-order valence-corrected chi connectivity index (χ0v) is 26.6. The Balaban J connectivity index is 1.34. The number of ether oxygens (including phenoxy) is 1. The number of H-pyrrole nitrogens is 2. The first-order chi connectivity index (χ1) is 21.3. The number of hydrogen-bond acceptors (Lipinski definition) is 5. The number of carbonyl (C=O) groups excluding carboxylic acids is 1. The Kier molecular flexibility index (Phi) is 10.7. The van der Waals surface area contributed by atoms with Crippen molar-refractivity contribution in [3.05, 3.63) is 99.0 Å². The van der Waals surface area contributed by atoms with Gasteiger partial charge in [-0.2, -0.15) is 11.8 Å². The van der Waals surface area contributed by atoms with Gasteiger partial charge in [0, 0.05) is 44.5 Å². The summed E-state index contributed by atoms with van der Waals surface area (Å²) in [5.74, 6) is -0.825. The van der Waals surface area contributed by atoms with Crippen molar-refractivity contribution in [2.24, 2.45) is 0 Å². The molecule has 1 unspecified atom stereocenters. The number of carboxylic acid groups (broad SMARTS) is 1. The molecule has 0 aliphatic heterocycles. The number of nitrogens with one attached hydrogen (secondary N) is 2. The number of aromatic nitrogens is 3. The van der Waals surface area contributed by atoms with Gasteiger partial charge in [-0.3, -0.25) is 9.59 Å². The molecule has 7 nitrogen and oxygen atoms in total. The third-order valence-electron chi connectivity index (χ3n) is 7.31. The van der Waals surface area contributed by atoms with Gasteiger partial charge in [0.25, 0.3) is 0 Å². The lowest BCUT2D eigenvalue weighted by Gasteiger charge is -2.16. The molecule has 0 spiro atoms. The molecule has 0 bridgehead atoms. The second kappa shape index (κ2) is 14.8. The fraction of sp³-hybridized carbons (Fsp3) is 0.242. The Labute approximate surface area is 271 Å². The van der Waals surface area contributed by atoms with E-state index in [0.29, 0.717) is 23.0 Å². The fourth-order valence-corrected chi connectivity index (χ4v) is 6.50. The summed E-state index contributed by atoms with van der Waals surface area (Å²) in [6, 6.07) is 15.2. The van der Waals surface area contributed by atoms with Gasteiger partial charge in [0.05, 0.1) is 16.9 Å². The van der Waals surface area contributed by atoms with E-state index in [2.05, 4.69) is 49.7 Å². The molecular formula is C33H30F2IN3O4S. The zero-order valence-electron chi connectivity index (χ0n) is 23.6. The maximum Gasteiger partial charge on any atom is 0.313 e. The van der Waals surface area contributed by atoms with E-state index in [4.69, 9.17) is 9.84 Å². The van der Waals surface area contributed by atoms with Crippen LogP contribution in [0.5, 0.6) is 11.5 Å². The number of halogens is 3. The number of nitrogens with zero attached hydrogens (tertiary/aromatic N) is 1. The summed E-state index contributed by atoms with van der Waals surface area (Å²) in [7, 11) is 0. The molecule has 0 aliphatic carbocycles. The van der Waals surface area contributed by atoms with Gasteiger partial charge < -0.3 is 19.8 Å². The van der Waals surface area contributed by atoms with Gasteiger partial charge in [0.1, 0.15) is 17.4 Å². The molecule has 3 aromatic carbocycles. The van der Waals surface area contributed by atoms with Crippen LogP contribution in [-0.4, -0.2) is 43.8 Å². The van der Waals surface area contributed by atoms with E-state index in [-0.39, 0.29) is 34.3 Å². The highest BCUT2D eigenvalue weighted by Gasteiger charge is 2.21. The van der Waals surface area contributed by atoms with Crippen molar-refractivity contribution in [1.82, 2.24) is 15.0 Å². The number of rotatable bonds is 15. The average molecular weight is 730 g/mol. The van der Waals surface area contributed by atoms with Crippen molar-refractivity contribution < 1.29 is 28.2 Å². The minimum Gasteiger partial charge on any atom is -0.481 e. The van der Waals surface area contributed by atoms with E-state index in [1.165, 1.54) is 36.0 Å². The summed E-state index contributed by atoms with van der Waals surface area (Å²) >= 11 is 3.72. The van der Waals surface area contributed by atoms with Crippen molar-refractivity contribution in [3.63, 3.8) is 0 Å². The Bertz CT molecular complexity index is 1770. The standard InChI is InChI=1S/C33H30F2IN3O4S/c34-27-10-9-22(43-32-26(18-40)24-11-12-37-29(24)16-28(32)35)15-25(27)33-38-17-30(39-33)23(20-6-5-7-21(36)14-20)8-3-1-2-4-13-44-19-31(41)42/h5-7,9-12,14-18,23,37H,1-4,8,13,19H2,(H,38,39)(H,41,42). The van der Waals surface area contributed by atoms with E-state index < -0.39 is 17.6 Å². The highest BCUT2D eigenvalue weighted by atomic mass is 127. The first-order valence-electron chi connectivity index (χ1n) is 14.2. The quantitative estimate of drug-likeness (QED) is 0.0565. The molecule has 228 valence electrons. The SMILES string of the molecule is O=Cc1c(Oc2ccc(F)c(-c3ncc(C(CCCCCCSCC(=O)O)c4cccc(I)c4)[nH]3)c2)c(F)cc2[nH]ccc12. The molecule has 0 aliphatic rings. The summed E-state index contributed by atoms with van der Waals surface area (Å²) in [6.07, 6.45) is 8.68. The van der Waals surface area contributed by atoms with Gasteiger partial charge in [-0.25, -0.2) is 13.8 Å². The van der Waals surface area contributed by atoms with Gasteiger partial charge in [-0.15, -0.1) is 0 Å². The molecule has 44 heavy (non-hydrogen) atoms. The van der Waals surface area contributed by atoms with E-state index in [9.17, 15) is 14.0 Å². The van der Waals surface area contributed by atoms with Crippen LogP contribution in [0.1, 0.15) is 59.6 Å². The van der Waals surface area contributed by atoms with Crippen molar-refractivity contribution in [2.45, 2.75) is 38.0 Å². The molecular weight excluding hydrogens is 699 g/mol. The molecule has 2 aromatic heterocycles. The number of imidazole rings is 1. The van der Waals surface area contributed by atoms with Gasteiger partial charge in [0.2, 0.25) is 0 Å². The van der Waals surface area contributed by atoms with Gasteiger partial charge in [-0.05, 0) is 83.1 Å². The van der Waals surface area contributed by atoms with Crippen molar-refractivity contribution in [1.29, 1.82) is 0 Å². The maximum absolute atomic E-state index is 15.1. The molecule has 1 atom stereocenters. The molecule has 0 amide bonds. The zero-order chi connectivity index (χ0) is 31.1. The first kappa shape index (κ1) is 31.7. The summed E-state index contributed by atoms with van der Waals surface area (Å²) in [5.41, 5.74) is 2.66. The average Bonchev–Trinajstić information content (AvgIpc) is 3.67. The van der Waals surface area contributed by atoms with Crippen molar-refractivity contribution in [3.8, 4) is 22.9 Å². The molecule has 0 fully saturated rings. The molecule has 11 heteroatoms. The number of carbonyl (C=O) groups is 2. The van der Waals surface area contributed by atoms with Crippen LogP contribution in [-0.2, 0) is 4.79 Å². The first-order valence-corrected chi connectivity index (χ1v) is 16.4. The molecule has 0 saturated carbocycles. The van der Waals surface area contributed by atoms with Gasteiger partial charge in [-0.1, -0.05) is 31.4 Å². The van der Waals surface area contributed by atoms with Crippen LogP contribution < -0.4 is 4.74 Å². The summed E-state index contributed by atoms with van der Waals surface area (Å²) in [5, 5.41) is 9.31. The van der Waals surface area contributed by atoms with Crippen LogP contribution >= 0.6 is 34.4 Å².